The SMILES string of the molecule is CC1(C2CCCN(CC(=O)NCc3ccco3)C2)NC(=O)NC1=O. The Morgan fingerprint density at radius 1 is 1.50 bits per heavy atom. The molecular weight excluding hydrogens is 312 g/mol. The first-order valence-corrected chi connectivity index (χ1v) is 8.12. The van der Waals surface area contributed by atoms with Crippen molar-refractivity contribution in [2.24, 2.45) is 5.92 Å². The fourth-order valence-corrected chi connectivity index (χ4v) is 3.37. The van der Waals surface area contributed by atoms with Crippen LogP contribution < -0.4 is 16.0 Å². The Morgan fingerprint density at radius 3 is 3.00 bits per heavy atom. The summed E-state index contributed by atoms with van der Waals surface area (Å²) in [5.74, 6) is 0.312. The zero-order valence-corrected chi connectivity index (χ0v) is 13.6. The molecule has 2 aliphatic heterocycles. The molecule has 1 aromatic heterocycles. The molecule has 2 atom stereocenters. The molecule has 0 aromatic carbocycles. The fourth-order valence-electron chi connectivity index (χ4n) is 3.37. The Bertz CT molecular complexity index is 630. The summed E-state index contributed by atoms with van der Waals surface area (Å²) < 4.78 is 5.18. The molecule has 3 rings (SSSR count). The number of rotatable bonds is 5. The van der Waals surface area contributed by atoms with Gasteiger partial charge in [-0.05, 0) is 38.4 Å². The van der Waals surface area contributed by atoms with Crippen LogP contribution in [0.25, 0.3) is 0 Å². The summed E-state index contributed by atoms with van der Waals surface area (Å²) >= 11 is 0. The van der Waals surface area contributed by atoms with Crippen LogP contribution in [0.5, 0.6) is 0 Å². The summed E-state index contributed by atoms with van der Waals surface area (Å²) in [7, 11) is 0. The molecule has 4 amide bonds. The van der Waals surface area contributed by atoms with Gasteiger partial charge in [0.25, 0.3) is 5.91 Å². The first-order chi connectivity index (χ1) is 11.5. The van der Waals surface area contributed by atoms with Gasteiger partial charge in [-0.2, -0.15) is 0 Å². The summed E-state index contributed by atoms with van der Waals surface area (Å²) in [5, 5.41) is 7.85. The van der Waals surface area contributed by atoms with E-state index in [0.29, 0.717) is 18.8 Å². The van der Waals surface area contributed by atoms with Gasteiger partial charge >= 0.3 is 6.03 Å². The van der Waals surface area contributed by atoms with E-state index in [2.05, 4.69) is 16.0 Å². The molecule has 2 aliphatic rings. The number of hydrogen-bond donors (Lipinski definition) is 3. The quantitative estimate of drug-likeness (QED) is 0.668. The second-order valence-electron chi connectivity index (χ2n) is 6.54. The van der Waals surface area contributed by atoms with Gasteiger partial charge in [0, 0.05) is 12.5 Å². The third kappa shape index (κ3) is 3.43. The number of piperidine rings is 1. The van der Waals surface area contributed by atoms with Crippen molar-refractivity contribution in [1.82, 2.24) is 20.9 Å². The Morgan fingerprint density at radius 2 is 2.33 bits per heavy atom. The number of nitrogens with one attached hydrogen (secondary N) is 3. The van der Waals surface area contributed by atoms with Crippen molar-refractivity contribution in [3.63, 3.8) is 0 Å². The molecule has 3 N–H and O–H groups in total. The lowest BCUT2D eigenvalue weighted by molar-refractivity contribution is -0.126. The molecule has 2 saturated heterocycles. The van der Waals surface area contributed by atoms with Gasteiger partial charge in [-0.1, -0.05) is 0 Å². The van der Waals surface area contributed by atoms with Crippen molar-refractivity contribution < 1.29 is 18.8 Å². The maximum Gasteiger partial charge on any atom is 0.322 e. The summed E-state index contributed by atoms with van der Waals surface area (Å²) in [6, 6.07) is 3.13. The summed E-state index contributed by atoms with van der Waals surface area (Å²) in [4.78, 5) is 37.6. The minimum absolute atomic E-state index is 0.0180. The number of carbonyl (C=O) groups is 3. The molecular formula is C16H22N4O4. The number of likely N-dealkylation sites (tertiary alicyclic amines) is 1. The van der Waals surface area contributed by atoms with Crippen LogP contribution in [-0.4, -0.2) is 47.9 Å². The molecule has 3 heterocycles. The van der Waals surface area contributed by atoms with Crippen molar-refractivity contribution in [3.05, 3.63) is 24.2 Å². The second kappa shape index (κ2) is 6.64. The van der Waals surface area contributed by atoms with Gasteiger partial charge in [0.1, 0.15) is 11.3 Å². The summed E-state index contributed by atoms with van der Waals surface area (Å²) in [5.41, 5.74) is -0.902. The van der Waals surface area contributed by atoms with E-state index in [4.69, 9.17) is 4.42 Å². The smallest absolute Gasteiger partial charge is 0.322 e. The predicted molar refractivity (Wildman–Crippen MR) is 84.8 cm³/mol. The Hall–Kier alpha value is -2.35. The van der Waals surface area contributed by atoms with E-state index >= 15 is 0 Å². The van der Waals surface area contributed by atoms with Gasteiger partial charge in [0.2, 0.25) is 5.91 Å². The third-order valence-electron chi connectivity index (χ3n) is 4.80. The molecule has 8 nitrogen and oxygen atoms in total. The molecule has 0 spiro atoms. The zero-order chi connectivity index (χ0) is 17.2. The number of urea groups is 1. The van der Waals surface area contributed by atoms with Gasteiger partial charge in [0.15, 0.2) is 0 Å². The lowest BCUT2D eigenvalue weighted by Gasteiger charge is -2.39. The first kappa shape index (κ1) is 16.5. The van der Waals surface area contributed by atoms with E-state index in [0.717, 1.165) is 19.4 Å². The van der Waals surface area contributed by atoms with Crippen LogP contribution in [0.2, 0.25) is 0 Å². The van der Waals surface area contributed by atoms with Crippen LogP contribution in [-0.2, 0) is 16.1 Å². The van der Waals surface area contributed by atoms with Crippen LogP contribution in [0.15, 0.2) is 22.8 Å². The molecule has 8 heteroatoms. The molecule has 2 unspecified atom stereocenters. The van der Waals surface area contributed by atoms with E-state index in [1.807, 2.05) is 4.90 Å². The number of nitrogens with zero attached hydrogens (tertiary/aromatic N) is 1. The van der Waals surface area contributed by atoms with Crippen LogP contribution in [0.4, 0.5) is 4.79 Å². The van der Waals surface area contributed by atoms with Crippen molar-refractivity contribution in [2.75, 3.05) is 19.6 Å². The van der Waals surface area contributed by atoms with Crippen LogP contribution >= 0.6 is 0 Å². The Labute approximate surface area is 139 Å². The summed E-state index contributed by atoms with van der Waals surface area (Å²) in [6.07, 6.45) is 3.29. The van der Waals surface area contributed by atoms with Gasteiger partial charge in [-0.3, -0.25) is 19.8 Å². The number of hydrogen-bond acceptors (Lipinski definition) is 5. The number of amides is 4. The average Bonchev–Trinajstić information content (AvgIpc) is 3.14. The van der Waals surface area contributed by atoms with Crippen LogP contribution in [0, 0.1) is 5.92 Å². The van der Waals surface area contributed by atoms with Gasteiger partial charge in [0.05, 0.1) is 19.4 Å². The molecule has 24 heavy (non-hydrogen) atoms. The molecule has 130 valence electrons. The van der Waals surface area contributed by atoms with E-state index in [1.54, 1.807) is 25.3 Å². The molecule has 0 saturated carbocycles. The standard InChI is InChI=1S/C16H22N4O4/c1-16(14(22)18-15(23)19-16)11-4-2-6-20(9-11)10-13(21)17-8-12-5-3-7-24-12/h3,5,7,11H,2,4,6,8-10H2,1H3,(H,17,21)(H2,18,19,22,23). The highest BCUT2D eigenvalue weighted by Gasteiger charge is 2.48. The van der Waals surface area contributed by atoms with E-state index in [1.165, 1.54) is 0 Å². The Kier molecular flexibility index (Phi) is 4.57. The number of imide groups is 1. The molecule has 0 radical (unpaired) electrons. The first-order valence-electron chi connectivity index (χ1n) is 8.12. The topological polar surface area (TPSA) is 104 Å². The lowest BCUT2D eigenvalue weighted by atomic mass is 9.80. The van der Waals surface area contributed by atoms with E-state index in [9.17, 15) is 14.4 Å². The van der Waals surface area contributed by atoms with Gasteiger partial charge in [-0.25, -0.2) is 4.79 Å². The number of furan rings is 1. The lowest BCUT2D eigenvalue weighted by Crippen LogP contribution is -2.56. The normalized spacial score (nSPS) is 27.6. The largest absolute Gasteiger partial charge is 0.467 e. The van der Waals surface area contributed by atoms with Gasteiger partial charge < -0.3 is 15.1 Å². The highest BCUT2D eigenvalue weighted by molar-refractivity contribution is 6.07. The zero-order valence-electron chi connectivity index (χ0n) is 13.6. The highest BCUT2D eigenvalue weighted by Crippen LogP contribution is 2.29. The maximum atomic E-state index is 12.1. The molecule has 2 fully saturated rings. The van der Waals surface area contributed by atoms with Crippen molar-refractivity contribution in [2.45, 2.75) is 31.8 Å². The van der Waals surface area contributed by atoms with Gasteiger partial charge in [-0.15, -0.1) is 0 Å². The highest BCUT2D eigenvalue weighted by atomic mass is 16.3. The predicted octanol–water partition coefficient (Wildman–Crippen LogP) is 0.206. The van der Waals surface area contributed by atoms with Crippen LogP contribution in [0.3, 0.4) is 0 Å². The fraction of sp³-hybridized carbons (Fsp3) is 0.562. The molecule has 0 aliphatic carbocycles. The second-order valence-corrected chi connectivity index (χ2v) is 6.54. The maximum absolute atomic E-state index is 12.1. The van der Waals surface area contributed by atoms with Crippen molar-refractivity contribution in [1.29, 1.82) is 0 Å². The monoisotopic (exact) mass is 334 g/mol. The number of carbonyl (C=O) groups excluding carboxylic acids is 3. The Balaban J connectivity index is 1.53. The van der Waals surface area contributed by atoms with E-state index in [-0.39, 0.29) is 24.3 Å². The minimum atomic E-state index is -0.902. The summed E-state index contributed by atoms with van der Waals surface area (Å²) in [6.45, 7) is 3.77. The molecule has 1 aromatic rings. The van der Waals surface area contributed by atoms with Crippen molar-refractivity contribution >= 4 is 17.8 Å². The minimum Gasteiger partial charge on any atom is -0.467 e. The van der Waals surface area contributed by atoms with E-state index < -0.39 is 11.6 Å². The van der Waals surface area contributed by atoms with Crippen molar-refractivity contribution in [3.8, 4) is 0 Å². The van der Waals surface area contributed by atoms with Crippen LogP contribution in [0.1, 0.15) is 25.5 Å². The average molecular weight is 334 g/mol. The molecule has 0 bridgehead atoms. The third-order valence-corrected chi connectivity index (χ3v) is 4.80.